The number of carbonyl (C=O) groups is 1. The zero-order chi connectivity index (χ0) is 12.4. The molecule has 0 rings (SSSR count). The van der Waals surface area contributed by atoms with Gasteiger partial charge in [0.05, 0.1) is 12.7 Å². The van der Waals surface area contributed by atoms with Gasteiger partial charge in [-0.3, -0.25) is 0 Å². The summed E-state index contributed by atoms with van der Waals surface area (Å²) in [5.74, 6) is -0.567. The SMILES string of the molecule is C=CC(=O)OCC(O)COC(CC)C[Si]O. The van der Waals surface area contributed by atoms with Crippen molar-refractivity contribution in [3.8, 4) is 0 Å². The van der Waals surface area contributed by atoms with Crippen molar-refractivity contribution in [2.75, 3.05) is 13.2 Å². The number of aliphatic hydroxyl groups is 1. The van der Waals surface area contributed by atoms with E-state index in [0.717, 1.165) is 12.5 Å². The first-order valence-corrected chi connectivity index (χ1v) is 6.25. The van der Waals surface area contributed by atoms with E-state index in [9.17, 15) is 9.90 Å². The lowest BCUT2D eigenvalue weighted by atomic mass is 10.3. The van der Waals surface area contributed by atoms with Crippen LogP contribution < -0.4 is 0 Å². The summed E-state index contributed by atoms with van der Waals surface area (Å²) in [6, 6.07) is 0.565. The molecule has 16 heavy (non-hydrogen) atoms. The minimum Gasteiger partial charge on any atom is -0.460 e. The van der Waals surface area contributed by atoms with Crippen LogP contribution in [0.5, 0.6) is 0 Å². The van der Waals surface area contributed by atoms with Crippen molar-refractivity contribution in [1.82, 2.24) is 0 Å². The summed E-state index contributed by atoms with van der Waals surface area (Å²) in [6.45, 7) is 5.16. The number of hydrogen-bond donors (Lipinski definition) is 2. The van der Waals surface area contributed by atoms with Crippen LogP contribution in [-0.2, 0) is 14.3 Å². The van der Waals surface area contributed by atoms with E-state index in [0.29, 0.717) is 6.04 Å². The Balaban J connectivity index is 3.65. The molecule has 0 aromatic carbocycles. The van der Waals surface area contributed by atoms with Crippen LogP contribution in [0.25, 0.3) is 0 Å². The summed E-state index contributed by atoms with van der Waals surface area (Å²) in [4.78, 5) is 19.4. The van der Waals surface area contributed by atoms with Crippen molar-refractivity contribution in [3.63, 3.8) is 0 Å². The highest BCUT2D eigenvalue weighted by Crippen LogP contribution is 2.04. The third kappa shape index (κ3) is 7.58. The topological polar surface area (TPSA) is 76.0 Å². The maximum atomic E-state index is 10.7. The molecule has 0 aliphatic heterocycles. The monoisotopic (exact) mass is 246 g/mol. The van der Waals surface area contributed by atoms with Crippen LogP contribution in [0.15, 0.2) is 12.7 Å². The molecule has 0 bridgehead atoms. The van der Waals surface area contributed by atoms with Gasteiger partial charge in [0, 0.05) is 6.08 Å². The van der Waals surface area contributed by atoms with Gasteiger partial charge in [-0.25, -0.2) is 4.79 Å². The van der Waals surface area contributed by atoms with E-state index in [-0.39, 0.29) is 29.1 Å². The highest BCUT2D eigenvalue weighted by Gasteiger charge is 2.11. The second-order valence-electron chi connectivity index (χ2n) is 3.21. The van der Waals surface area contributed by atoms with E-state index in [4.69, 9.17) is 9.53 Å². The summed E-state index contributed by atoms with van der Waals surface area (Å²) in [5, 5.41) is 9.41. The predicted molar refractivity (Wildman–Crippen MR) is 60.0 cm³/mol. The molecule has 0 saturated heterocycles. The molecule has 2 atom stereocenters. The van der Waals surface area contributed by atoms with Crippen LogP contribution in [-0.4, -0.2) is 51.1 Å². The lowest BCUT2D eigenvalue weighted by Crippen LogP contribution is -2.26. The van der Waals surface area contributed by atoms with E-state index < -0.39 is 12.1 Å². The molecule has 0 aliphatic carbocycles. The van der Waals surface area contributed by atoms with Gasteiger partial charge < -0.3 is 19.4 Å². The molecule has 2 N–H and O–H groups in total. The molecule has 0 amide bonds. The molecule has 2 unspecified atom stereocenters. The molecule has 0 aliphatic rings. The molecule has 0 fully saturated rings. The molecule has 92 valence electrons. The van der Waals surface area contributed by atoms with Crippen molar-refractivity contribution in [3.05, 3.63) is 12.7 Å². The first kappa shape index (κ1) is 15.3. The highest BCUT2D eigenvalue weighted by molar-refractivity contribution is 6.25. The Labute approximate surface area is 98.0 Å². The van der Waals surface area contributed by atoms with Crippen molar-refractivity contribution in [2.45, 2.75) is 31.6 Å². The number of carbonyl (C=O) groups excluding carboxylic acids is 1. The van der Waals surface area contributed by atoms with Crippen molar-refractivity contribution < 1.29 is 24.2 Å². The molecule has 0 heterocycles. The quantitative estimate of drug-likeness (QED) is 0.337. The first-order chi connectivity index (χ1) is 7.63. The van der Waals surface area contributed by atoms with Gasteiger partial charge in [-0.1, -0.05) is 13.5 Å². The summed E-state index contributed by atoms with van der Waals surface area (Å²) >= 11 is 0. The number of hydrogen-bond acceptors (Lipinski definition) is 5. The number of aliphatic hydroxyl groups excluding tert-OH is 1. The fourth-order valence-electron chi connectivity index (χ4n) is 0.955. The van der Waals surface area contributed by atoms with Gasteiger partial charge in [0.1, 0.15) is 12.7 Å². The molecule has 0 aromatic rings. The second-order valence-corrected chi connectivity index (χ2v) is 3.94. The van der Waals surface area contributed by atoms with E-state index in [1.807, 2.05) is 6.92 Å². The molecule has 5 nitrogen and oxygen atoms in total. The van der Waals surface area contributed by atoms with Crippen LogP contribution in [0.1, 0.15) is 13.3 Å². The van der Waals surface area contributed by atoms with Gasteiger partial charge in [-0.15, -0.1) is 0 Å². The van der Waals surface area contributed by atoms with Gasteiger partial charge in [0.2, 0.25) is 9.76 Å². The Kier molecular flexibility index (Phi) is 9.11. The third-order valence-corrected chi connectivity index (χ3v) is 2.52. The average Bonchev–Trinajstić information content (AvgIpc) is 2.31. The Bertz CT molecular complexity index is 209. The standard InChI is InChI=1S/C10H18O5Si/c1-3-9(7-16-13)14-5-8(11)6-15-10(12)4-2/h4,8-9,11,13H,2-3,5-7H2,1H3. The smallest absolute Gasteiger partial charge is 0.330 e. The first-order valence-electron chi connectivity index (χ1n) is 5.09. The fraction of sp³-hybridized carbons (Fsp3) is 0.700. The summed E-state index contributed by atoms with van der Waals surface area (Å²) < 4.78 is 9.98. The minimum atomic E-state index is -0.847. The van der Waals surface area contributed by atoms with Crippen LogP contribution in [0.3, 0.4) is 0 Å². The predicted octanol–water partition coefficient (Wildman–Crippen LogP) is -0.0985. The lowest BCUT2D eigenvalue weighted by Gasteiger charge is -2.17. The van der Waals surface area contributed by atoms with E-state index >= 15 is 0 Å². The number of esters is 1. The van der Waals surface area contributed by atoms with E-state index in [2.05, 4.69) is 11.3 Å². The zero-order valence-corrected chi connectivity index (χ0v) is 10.4. The van der Waals surface area contributed by atoms with Crippen LogP contribution in [0, 0.1) is 0 Å². The summed E-state index contributed by atoms with van der Waals surface area (Å²) in [5.41, 5.74) is 0. The molecule has 2 radical (unpaired) electrons. The molecule has 0 saturated carbocycles. The van der Waals surface area contributed by atoms with Crippen molar-refractivity contribution in [2.24, 2.45) is 0 Å². The Morgan fingerprint density at radius 1 is 1.56 bits per heavy atom. The zero-order valence-electron chi connectivity index (χ0n) is 9.39. The fourth-order valence-corrected chi connectivity index (χ4v) is 1.57. The maximum Gasteiger partial charge on any atom is 0.330 e. The Morgan fingerprint density at radius 2 is 2.25 bits per heavy atom. The number of rotatable bonds is 9. The number of ether oxygens (including phenoxy) is 2. The van der Waals surface area contributed by atoms with Gasteiger partial charge in [-0.05, 0) is 12.5 Å². The van der Waals surface area contributed by atoms with Crippen LogP contribution in [0.4, 0.5) is 0 Å². The Hall–Kier alpha value is -0.693. The minimum absolute atomic E-state index is 0.0620. The molecule has 6 heteroatoms. The van der Waals surface area contributed by atoms with Crippen LogP contribution in [0.2, 0.25) is 6.04 Å². The molecular formula is C10H18O5Si. The lowest BCUT2D eigenvalue weighted by molar-refractivity contribution is -0.142. The average molecular weight is 246 g/mol. The second kappa shape index (κ2) is 9.53. The largest absolute Gasteiger partial charge is 0.460 e. The van der Waals surface area contributed by atoms with Gasteiger partial charge in [-0.2, -0.15) is 0 Å². The Morgan fingerprint density at radius 3 is 2.75 bits per heavy atom. The van der Waals surface area contributed by atoms with Gasteiger partial charge in [0.15, 0.2) is 0 Å². The van der Waals surface area contributed by atoms with Gasteiger partial charge in [0.25, 0.3) is 0 Å². The van der Waals surface area contributed by atoms with Crippen LogP contribution >= 0.6 is 0 Å². The summed E-state index contributed by atoms with van der Waals surface area (Å²) in [7, 11) is -0.160. The summed E-state index contributed by atoms with van der Waals surface area (Å²) in [6.07, 6.45) is 0.898. The van der Waals surface area contributed by atoms with Crippen molar-refractivity contribution >= 4 is 15.7 Å². The third-order valence-electron chi connectivity index (χ3n) is 1.88. The molecule has 0 spiro atoms. The van der Waals surface area contributed by atoms with Gasteiger partial charge >= 0.3 is 5.97 Å². The maximum absolute atomic E-state index is 10.7. The van der Waals surface area contributed by atoms with Crippen molar-refractivity contribution in [1.29, 1.82) is 0 Å². The van der Waals surface area contributed by atoms with E-state index in [1.165, 1.54) is 0 Å². The highest BCUT2D eigenvalue weighted by atomic mass is 28.2. The normalized spacial score (nSPS) is 14.2. The molecular weight excluding hydrogens is 228 g/mol. The van der Waals surface area contributed by atoms with E-state index in [1.54, 1.807) is 0 Å². The molecule has 0 aromatic heterocycles.